The molecule has 1 aliphatic rings. The minimum atomic E-state index is -3.86. The molecule has 1 heterocycles. The van der Waals surface area contributed by atoms with Gasteiger partial charge >= 0.3 is 0 Å². The first-order valence-electron chi connectivity index (χ1n) is 8.85. The van der Waals surface area contributed by atoms with Gasteiger partial charge in [0.25, 0.3) is 5.69 Å². The van der Waals surface area contributed by atoms with Crippen LogP contribution in [0.15, 0.2) is 52.3 Å². The normalized spacial score (nSPS) is 16.6. The van der Waals surface area contributed by atoms with Gasteiger partial charge in [0, 0.05) is 38.3 Å². The van der Waals surface area contributed by atoms with Crippen molar-refractivity contribution in [2.45, 2.75) is 23.6 Å². The van der Waals surface area contributed by atoms with E-state index >= 15 is 0 Å². The first-order chi connectivity index (χ1) is 13.5. The first kappa shape index (κ1) is 21.4. The molecule has 1 aliphatic heterocycles. The van der Waals surface area contributed by atoms with Crippen molar-refractivity contribution in [1.29, 1.82) is 0 Å². The van der Waals surface area contributed by atoms with Gasteiger partial charge < -0.3 is 0 Å². The van der Waals surface area contributed by atoms with Gasteiger partial charge in [-0.2, -0.15) is 8.61 Å². The molecule has 0 amide bonds. The molecule has 0 spiro atoms. The Morgan fingerprint density at radius 2 is 1.34 bits per heavy atom. The lowest BCUT2D eigenvalue weighted by atomic mass is 10.2. The fourth-order valence-corrected chi connectivity index (χ4v) is 6.32. The van der Waals surface area contributed by atoms with Crippen LogP contribution in [-0.4, -0.2) is 56.5 Å². The minimum Gasteiger partial charge on any atom is -0.258 e. The van der Waals surface area contributed by atoms with Crippen molar-refractivity contribution in [1.82, 2.24) is 8.61 Å². The first-order valence-corrected chi connectivity index (χ1v) is 11.7. The third-order valence-corrected chi connectivity index (χ3v) is 8.80. The average Bonchev–Trinajstić information content (AvgIpc) is 2.70. The highest BCUT2D eigenvalue weighted by Gasteiger charge is 2.34. The number of nitrogens with zero attached hydrogens (tertiary/aromatic N) is 3. The zero-order valence-electron chi connectivity index (χ0n) is 16.0. The van der Waals surface area contributed by atoms with E-state index in [1.165, 1.54) is 20.7 Å². The molecule has 0 radical (unpaired) electrons. The van der Waals surface area contributed by atoms with Crippen molar-refractivity contribution >= 4 is 25.7 Å². The van der Waals surface area contributed by atoms with Crippen LogP contribution in [-0.2, 0) is 20.0 Å². The Bertz CT molecular complexity index is 1140. The van der Waals surface area contributed by atoms with E-state index in [-0.39, 0.29) is 41.7 Å². The van der Waals surface area contributed by atoms with Crippen molar-refractivity contribution in [2.75, 3.05) is 26.2 Å². The molecule has 11 heteroatoms. The Morgan fingerprint density at radius 3 is 1.86 bits per heavy atom. The van der Waals surface area contributed by atoms with Gasteiger partial charge in [-0.1, -0.05) is 12.1 Å². The number of benzene rings is 2. The second kappa shape index (κ2) is 7.82. The van der Waals surface area contributed by atoms with E-state index in [4.69, 9.17) is 0 Å². The molecule has 0 aromatic heterocycles. The predicted molar refractivity (Wildman–Crippen MR) is 107 cm³/mol. The van der Waals surface area contributed by atoms with E-state index in [9.17, 15) is 26.9 Å². The fraction of sp³-hybridized carbons (Fsp3) is 0.333. The lowest BCUT2D eigenvalue weighted by molar-refractivity contribution is -0.384. The summed E-state index contributed by atoms with van der Waals surface area (Å²) in [5, 5.41) is 10.7. The number of non-ortho nitro benzene ring substituents is 1. The van der Waals surface area contributed by atoms with Gasteiger partial charge in [-0.25, -0.2) is 16.8 Å². The van der Waals surface area contributed by atoms with Crippen LogP contribution < -0.4 is 0 Å². The second-order valence-electron chi connectivity index (χ2n) is 6.83. The van der Waals surface area contributed by atoms with Crippen LogP contribution in [0.5, 0.6) is 0 Å². The van der Waals surface area contributed by atoms with E-state index in [1.54, 1.807) is 19.1 Å². The van der Waals surface area contributed by atoms with Gasteiger partial charge in [-0.05, 0) is 43.2 Å². The molecule has 0 bridgehead atoms. The molecule has 0 atom stereocenters. The third-order valence-electron chi connectivity index (χ3n) is 4.84. The summed E-state index contributed by atoms with van der Waals surface area (Å²) in [7, 11) is -7.59. The van der Waals surface area contributed by atoms with Crippen LogP contribution in [0.1, 0.15) is 11.1 Å². The summed E-state index contributed by atoms with van der Waals surface area (Å²) in [5.41, 5.74) is 1.26. The number of sulfonamides is 2. The molecule has 156 valence electrons. The number of nitro benzene ring substituents is 1. The monoisotopic (exact) mass is 439 g/mol. The van der Waals surface area contributed by atoms with Crippen molar-refractivity contribution < 1.29 is 21.8 Å². The van der Waals surface area contributed by atoms with Gasteiger partial charge in [0.1, 0.15) is 0 Å². The molecule has 0 N–H and O–H groups in total. The summed E-state index contributed by atoms with van der Waals surface area (Å²) in [4.78, 5) is 10.3. The van der Waals surface area contributed by atoms with Crippen LogP contribution in [0.25, 0.3) is 0 Å². The molecule has 1 saturated heterocycles. The molecule has 29 heavy (non-hydrogen) atoms. The van der Waals surface area contributed by atoms with E-state index in [2.05, 4.69) is 0 Å². The summed E-state index contributed by atoms with van der Waals surface area (Å²) in [6, 6.07) is 9.84. The maximum absolute atomic E-state index is 13.0. The standard InChI is InChI=1S/C18H21N3O6S2/c1-14-3-4-15(2)18(13-14)29(26,27)20-11-9-19(10-12-20)28(24,25)17-7-5-16(6-8-17)21(22)23/h3-8,13H,9-12H2,1-2H3. The number of hydrogen-bond acceptors (Lipinski definition) is 6. The maximum atomic E-state index is 13.0. The lowest BCUT2D eigenvalue weighted by Crippen LogP contribution is -2.50. The molecule has 9 nitrogen and oxygen atoms in total. The fourth-order valence-electron chi connectivity index (χ4n) is 3.16. The Kier molecular flexibility index (Phi) is 5.77. The summed E-state index contributed by atoms with van der Waals surface area (Å²) >= 11 is 0. The van der Waals surface area contributed by atoms with E-state index < -0.39 is 25.0 Å². The number of nitro groups is 1. The van der Waals surface area contributed by atoms with E-state index in [0.717, 1.165) is 17.7 Å². The average molecular weight is 440 g/mol. The zero-order chi connectivity index (χ0) is 21.4. The number of hydrogen-bond donors (Lipinski definition) is 0. The Morgan fingerprint density at radius 1 is 0.828 bits per heavy atom. The highest BCUT2D eigenvalue weighted by atomic mass is 32.2. The molecule has 2 aromatic rings. The summed E-state index contributed by atoms with van der Waals surface area (Å²) in [5.74, 6) is 0. The molecular formula is C18H21N3O6S2. The predicted octanol–water partition coefficient (Wildman–Crippen LogP) is 1.91. The largest absolute Gasteiger partial charge is 0.269 e. The van der Waals surface area contributed by atoms with Crippen LogP contribution in [0.2, 0.25) is 0 Å². The SMILES string of the molecule is Cc1ccc(C)c(S(=O)(=O)N2CCN(S(=O)(=O)c3ccc([N+](=O)[O-])cc3)CC2)c1. The summed E-state index contributed by atoms with van der Waals surface area (Å²) < 4.78 is 54.0. The van der Waals surface area contributed by atoms with Crippen LogP contribution >= 0.6 is 0 Å². The van der Waals surface area contributed by atoms with Crippen molar-refractivity contribution in [3.05, 3.63) is 63.7 Å². The molecule has 1 fully saturated rings. The zero-order valence-corrected chi connectivity index (χ0v) is 17.6. The smallest absolute Gasteiger partial charge is 0.258 e. The van der Waals surface area contributed by atoms with Gasteiger partial charge in [-0.3, -0.25) is 10.1 Å². The van der Waals surface area contributed by atoms with Crippen molar-refractivity contribution in [3.63, 3.8) is 0 Å². The minimum absolute atomic E-state index is 0.00339. The van der Waals surface area contributed by atoms with Crippen molar-refractivity contribution in [3.8, 4) is 0 Å². The topological polar surface area (TPSA) is 118 Å². The Hall–Kier alpha value is -2.34. The van der Waals surface area contributed by atoms with Crippen LogP contribution in [0, 0.1) is 24.0 Å². The lowest BCUT2D eigenvalue weighted by Gasteiger charge is -2.33. The molecule has 3 rings (SSSR count). The molecule has 0 saturated carbocycles. The highest BCUT2D eigenvalue weighted by molar-refractivity contribution is 7.89. The number of rotatable bonds is 5. The van der Waals surface area contributed by atoms with Gasteiger partial charge in [0.15, 0.2) is 0 Å². The van der Waals surface area contributed by atoms with Crippen LogP contribution in [0.3, 0.4) is 0 Å². The summed E-state index contributed by atoms with van der Waals surface area (Å²) in [6.45, 7) is 3.60. The van der Waals surface area contributed by atoms with Crippen molar-refractivity contribution in [2.24, 2.45) is 0 Å². The number of aryl methyl sites for hydroxylation is 2. The molecule has 0 unspecified atom stereocenters. The third kappa shape index (κ3) is 4.17. The van der Waals surface area contributed by atoms with E-state index in [0.29, 0.717) is 5.56 Å². The summed E-state index contributed by atoms with van der Waals surface area (Å²) in [6.07, 6.45) is 0. The van der Waals surface area contributed by atoms with Gasteiger partial charge in [0.2, 0.25) is 20.0 Å². The molecular weight excluding hydrogens is 418 g/mol. The highest BCUT2D eigenvalue weighted by Crippen LogP contribution is 2.25. The molecule has 2 aromatic carbocycles. The second-order valence-corrected chi connectivity index (χ2v) is 10.7. The van der Waals surface area contributed by atoms with Crippen LogP contribution in [0.4, 0.5) is 5.69 Å². The molecule has 0 aliphatic carbocycles. The Labute approximate surface area is 169 Å². The van der Waals surface area contributed by atoms with Gasteiger partial charge in [-0.15, -0.1) is 0 Å². The number of piperazine rings is 1. The quantitative estimate of drug-likeness (QED) is 0.519. The maximum Gasteiger partial charge on any atom is 0.269 e. The Balaban J connectivity index is 1.77. The van der Waals surface area contributed by atoms with Gasteiger partial charge in [0.05, 0.1) is 14.7 Å². The van der Waals surface area contributed by atoms with E-state index in [1.807, 2.05) is 13.0 Å².